The number of piperazine rings is 1. The van der Waals surface area contributed by atoms with Gasteiger partial charge in [0.25, 0.3) is 10.0 Å². The predicted molar refractivity (Wildman–Crippen MR) is 112 cm³/mol. The second-order valence-electron chi connectivity index (χ2n) is 7.58. The van der Waals surface area contributed by atoms with Gasteiger partial charge in [-0.3, -0.25) is 0 Å². The van der Waals surface area contributed by atoms with Crippen molar-refractivity contribution in [2.24, 2.45) is 0 Å². The van der Waals surface area contributed by atoms with E-state index in [-0.39, 0.29) is 10.0 Å². The number of para-hydroxylation sites is 1. The van der Waals surface area contributed by atoms with E-state index in [9.17, 15) is 12.8 Å². The lowest BCUT2D eigenvalue weighted by Crippen LogP contribution is -2.48. The first-order valence-electron chi connectivity index (χ1n) is 9.94. The smallest absolute Gasteiger partial charge is 0.252 e. The molecule has 5 rings (SSSR count). The number of hydrogen-bond acceptors (Lipinski definition) is 7. The molecule has 0 amide bonds. The molecule has 1 aliphatic carbocycles. The molecular formula is C20H21FN4O3S2. The second-order valence-corrected chi connectivity index (χ2v) is 10.7. The predicted octanol–water partition coefficient (Wildman–Crippen LogP) is 3.72. The van der Waals surface area contributed by atoms with Crippen LogP contribution in [0, 0.1) is 5.82 Å². The van der Waals surface area contributed by atoms with Crippen molar-refractivity contribution in [1.82, 2.24) is 14.4 Å². The fourth-order valence-electron chi connectivity index (χ4n) is 3.75. The van der Waals surface area contributed by atoms with Gasteiger partial charge in [-0.2, -0.15) is 9.29 Å². The number of halogens is 1. The number of aromatic nitrogens is 2. The van der Waals surface area contributed by atoms with Crippen LogP contribution >= 0.6 is 11.3 Å². The van der Waals surface area contributed by atoms with Gasteiger partial charge in [-0.25, -0.2) is 12.8 Å². The highest BCUT2D eigenvalue weighted by atomic mass is 32.2. The summed E-state index contributed by atoms with van der Waals surface area (Å²) in [6, 6.07) is 8.17. The molecule has 1 saturated carbocycles. The number of benzene rings is 1. The Morgan fingerprint density at radius 3 is 2.60 bits per heavy atom. The zero-order valence-electron chi connectivity index (χ0n) is 16.2. The first-order chi connectivity index (χ1) is 14.5. The van der Waals surface area contributed by atoms with Gasteiger partial charge >= 0.3 is 0 Å². The van der Waals surface area contributed by atoms with Crippen LogP contribution in [0.2, 0.25) is 0 Å². The third-order valence-electron chi connectivity index (χ3n) is 5.76. The van der Waals surface area contributed by atoms with Crippen molar-refractivity contribution in [1.29, 1.82) is 0 Å². The average molecular weight is 449 g/mol. The summed E-state index contributed by atoms with van der Waals surface area (Å²) in [6.45, 7) is 1.48. The van der Waals surface area contributed by atoms with E-state index in [2.05, 4.69) is 10.1 Å². The lowest BCUT2D eigenvalue weighted by atomic mass is 9.85. The van der Waals surface area contributed by atoms with Crippen molar-refractivity contribution in [2.45, 2.75) is 29.4 Å². The number of anilines is 1. The summed E-state index contributed by atoms with van der Waals surface area (Å²) in [5, 5.41) is 5.77. The summed E-state index contributed by atoms with van der Waals surface area (Å²) >= 11 is 1.16. The fraction of sp³-hybridized carbons (Fsp3) is 0.400. The number of sulfonamides is 1. The van der Waals surface area contributed by atoms with Gasteiger partial charge < -0.3 is 9.42 Å². The minimum Gasteiger partial charge on any atom is -0.367 e. The number of hydrogen-bond donors (Lipinski definition) is 0. The molecule has 30 heavy (non-hydrogen) atoms. The molecule has 1 saturated heterocycles. The Morgan fingerprint density at radius 1 is 1.13 bits per heavy atom. The van der Waals surface area contributed by atoms with Crippen molar-refractivity contribution in [2.75, 3.05) is 31.1 Å². The van der Waals surface area contributed by atoms with Gasteiger partial charge in [0.15, 0.2) is 0 Å². The van der Waals surface area contributed by atoms with Crippen LogP contribution in [-0.2, 0) is 10.0 Å². The topological polar surface area (TPSA) is 79.5 Å². The van der Waals surface area contributed by atoms with Gasteiger partial charge in [0.1, 0.15) is 10.0 Å². The monoisotopic (exact) mass is 448 g/mol. The largest absolute Gasteiger partial charge is 0.367 e. The molecule has 2 aliphatic rings. The van der Waals surface area contributed by atoms with Crippen LogP contribution in [0.4, 0.5) is 10.1 Å². The maximum atomic E-state index is 14.0. The van der Waals surface area contributed by atoms with E-state index in [0.29, 0.717) is 55.1 Å². The van der Waals surface area contributed by atoms with E-state index in [1.165, 1.54) is 16.8 Å². The third kappa shape index (κ3) is 3.52. The summed E-state index contributed by atoms with van der Waals surface area (Å²) in [7, 11) is -3.62. The number of nitrogens with zero attached hydrogens (tertiary/aromatic N) is 4. The van der Waals surface area contributed by atoms with Crippen molar-refractivity contribution in [3.63, 3.8) is 0 Å². The van der Waals surface area contributed by atoms with Gasteiger partial charge in [0, 0.05) is 43.0 Å². The maximum absolute atomic E-state index is 14.0. The van der Waals surface area contributed by atoms with Crippen LogP contribution in [-0.4, -0.2) is 49.0 Å². The van der Waals surface area contributed by atoms with Gasteiger partial charge in [0.2, 0.25) is 11.7 Å². The maximum Gasteiger partial charge on any atom is 0.252 e. The molecule has 0 N–H and O–H groups in total. The highest BCUT2D eigenvalue weighted by Crippen LogP contribution is 2.37. The molecule has 3 aromatic rings. The minimum absolute atomic E-state index is 0.256. The van der Waals surface area contributed by atoms with Crippen molar-refractivity contribution < 1.29 is 17.3 Å². The van der Waals surface area contributed by atoms with Crippen molar-refractivity contribution in [3.05, 3.63) is 47.4 Å². The molecule has 2 fully saturated rings. The number of rotatable bonds is 5. The molecule has 2 aromatic heterocycles. The third-order valence-corrected chi connectivity index (χ3v) is 9.07. The molecule has 7 nitrogen and oxygen atoms in total. The molecule has 0 spiro atoms. The van der Waals surface area contributed by atoms with E-state index in [1.54, 1.807) is 29.6 Å². The standard InChI is InChI=1S/C20H21FN4O3S2/c21-16-6-1-2-7-17(16)24-8-10-25(11-9-24)30(26,27)18-12-15(13-29-18)19-22-20(28-23-19)14-4-3-5-14/h1-2,6-7,12-14H,3-5,8-11H2. The summed E-state index contributed by atoms with van der Waals surface area (Å²) < 4.78 is 47.3. The average Bonchev–Trinajstić information content (AvgIpc) is 3.37. The minimum atomic E-state index is -3.62. The number of thiophene rings is 1. The molecule has 3 heterocycles. The summed E-state index contributed by atoms with van der Waals surface area (Å²) in [4.78, 5) is 6.32. The van der Waals surface area contributed by atoms with Crippen LogP contribution in [0.5, 0.6) is 0 Å². The Hall–Kier alpha value is -2.30. The molecular weight excluding hydrogens is 427 g/mol. The molecule has 10 heteroatoms. The second kappa shape index (κ2) is 7.75. The van der Waals surface area contributed by atoms with Gasteiger partial charge in [-0.1, -0.05) is 23.7 Å². The quantitative estimate of drug-likeness (QED) is 0.592. The molecule has 0 radical (unpaired) electrons. The Kier molecular flexibility index (Phi) is 5.08. The molecule has 0 unspecified atom stereocenters. The van der Waals surface area contributed by atoms with Crippen molar-refractivity contribution >= 4 is 27.0 Å². The SMILES string of the molecule is O=S(=O)(c1cc(-c2noc(C3CCC3)n2)cs1)N1CCN(c2ccccc2F)CC1. The highest BCUT2D eigenvalue weighted by Gasteiger charge is 2.31. The highest BCUT2D eigenvalue weighted by molar-refractivity contribution is 7.91. The van der Waals surface area contributed by atoms with Gasteiger partial charge in [-0.05, 0) is 31.0 Å². The van der Waals surface area contributed by atoms with E-state index >= 15 is 0 Å². The van der Waals surface area contributed by atoms with E-state index in [0.717, 1.165) is 24.2 Å². The van der Waals surface area contributed by atoms with Gasteiger partial charge in [0.05, 0.1) is 5.69 Å². The Morgan fingerprint density at radius 2 is 1.90 bits per heavy atom. The van der Waals surface area contributed by atoms with E-state index in [4.69, 9.17) is 4.52 Å². The Bertz CT molecular complexity index is 1150. The van der Waals surface area contributed by atoms with Gasteiger partial charge in [-0.15, -0.1) is 11.3 Å². The zero-order valence-corrected chi connectivity index (χ0v) is 17.8. The molecule has 1 aliphatic heterocycles. The molecule has 0 bridgehead atoms. The first-order valence-corrected chi connectivity index (χ1v) is 12.3. The van der Waals surface area contributed by atoms with Crippen LogP contribution in [0.1, 0.15) is 31.1 Å². The van der Waals surface area contributed by atoms with Crippen LogP contribution in [0.15, 0.2) is 44.4 Å². The van der Waals surface area contributed by atoms with Crippen LogP contribution < -0.4 is 4.90 Å². The molecule has 1 aromatic carbocycles. The van der Waals surface area contributed by atoms with E-state index < -0.39 is 10.0 Å². The Balaban J connectivity index is 1.29. The Labute approximate surface area is 178 Å². The normalized spacial score (nSPS) is 18.5. The first kappa shape index (κ1) is 19.7. The fourth-order valence-corrected chi connectivity index (χ4v) is 6.48. The van der Waals surface area contributed by atoms with Crippen LogP contribution in [0.3, 0.4) is 0 Å². The van der Waals surface area contributed by atoms with Crippen LogP contribution in [0.25, 0.3) is 11.4 Å². The summed E-state index contributed by atoms with van der Waals surface area (Å²) in [5.74, 6) is 1.10. The summed E-state index contributed by atoms with van der Waals surface area (Å²) in [5.41, 5.74) is 1.16. The lowest BCUT2D eigenvalue weighted by Gasteiger charge is -2.35. The lowest BCUT2D eigenvalue weighted by molar-refractivity contribution is 0.292. The van der Waals surface area contributed by atoms with E-state index in [1.807, 2.05) is 4.90 Å². The zero-order chi connectivity index (χ0) is 20.7. The van der Waals surface area contributed by atoms with Crippen molar-refractivity contribution in [3.8, 4) is 11.4 Å². The molecule has 158 valence electrons. The molecule has 0 atom stereocenters. The summed E-state index contributed by atoms with van der Waals surface area (Å²) in [6.07, 6.45) is 3.29.